The summed E-state index contributed by atoms with van der Waals surface area (Å²) in [7, 11) is 0. The molecule has 3 heteroatoms. The van der Waals surface area contributed by atoms with E-state index in [0.717, 1.165) is 18.3 Å². The van der Waals surface area contributed by atoms with Gasteiger partial charge in [-0.15, -0.1) is 0 Å². The summed E-state index contributed by atoms with van der Waals surface area (Å²) in [4.78, 5) is 0. The van der Waals surface area contributed by atoms with E-state index in [2.05, 4.69) is 0 Å². The standard InChI is InChI=1S/C15H18ClFO/c16-13-5-12(6-14(17)8-13)15(18)7-11-4-9-1-2-10(11)3-9/h5-6,8-11,15,18H,1-4,7H2. The minimum atomic E-state index is -0.581. The molecule has 4 atom stereocenters. The lowest BCUT2D eigenvalue weighted by atomic mass is 9.83. The Morgan fingerprint density at radius 1 is 1.28 bits per heavy atom. The van der Waals surface area contributed by atoms with Crippen molar-refractivity contribution in [3.8, 4) is 0 Å². The van der Waals surface area contributed by atoms with E-state index >= 15 is 0 Å². The summed E-state index contributed by atoms with van der Waals surface area (Å²) in [5.41, 5.74) is 0.614. The number of hydrogen-bond acceptors (Lipinski definition) is 1. The zero-order valence-corrected chi connectivity index (χ0v) is 11.0. The van der Waals surface area contributed by atoms with E-state index in [1.54, 1.807) is 6.07 Å². The second-order valence-electron chi connectivity index (χ2n) is 5.89. The number of fused-ring (bicyclic) bond motifs is 2. The molecule has 1 aromatic rings. The first-order valence-corrected chi connectivity index (χ1v) is 7.13. The predicted molar refractivity (Wildman–Crippen MR) is 69.9 cm³/mol. The van der Waals surface area contributed by atoms with Gasteiger partial charge in [-0.2, -0.15) is 0 Å². The fourth-order valence-corrected chi connectivity index (χ4v) is 4.09. The van der Waals surface area contributed by atoms with Gasteiger partial charge in [0.15, 0.2) is 0 Å². The second kappa shape index (κ2) is 4.82. The van der Waals surface area contributed by atoms with Gasteiger partial charge >= 0.3 is 0 Å². The van der Waals surface area contributed by atoms with Gasteiger partial charge in [-0.1, -0.05) is 18.0 Å². The Labute approximate surface area is 112 Å². The van der Waals surface area contributed by atoms with Crippen LogP contribution in [0.1, 0.15) is 43.8 Å². The second-order valence-corrected chi connectivity index (χ2v) is 6.33. The van der Waals surface area contributed by atoms with Gasteiger partial charge < -0.3 is 5.11 Å². The van der Waals surface area contributed by atoms with Crippen molar-refractivity contribution in [2.75, 3.05) is 0 Å². The van der Waals surface area contributed by atoms with E-state index in [4.69, 9.17) is 11.6 Å². The van der Waals surface area contributed by atoms with Crippen molar-refractivity contribution < 1.29 is 9.50 Å². The largest absolute Gasteiger partial charge is 0.388 e. The Kier molecular flexibility index (Phi) is 3.33. The molecule has 2 aliphatic rings. The monoisotopic (exact) mass is 268 g/mol. The van der Waals surface area contributed by atoms with Crippen LogP contribution in [0.2, 0.25) is 5.02 Å². The summed E-state index contributed by atoms with van der Waals surface area (Å²) < 4.78 is 13.3. The molecule has 3 rings (SSSR count). The lowest BCUT2D eigenvalue weighted by molar-refractivity contribution is 0.125. The van der Waals surface area contributed by atoms with Crippen LogP contribution >= 0.6 is 11.6 Å². The topological polar surface area (TPSA) is 20.2 Å². The highest BCUT2D eigenvalue weighted by molar-refractivity contribution is 6.30. The Balaban J connectivity index is 1.69. The molecule has 1 N–H and O–H groups in total. The number of benzene rings is 1. The fourth-order valence-electron chi connectivity index (χ4n) is 3.86. The third kappa shape index (κ3) is 2.41. The molecule has 0 saturated heterocycles. The molecule has 1 nitrogen and oxygen atoms in total. The van der Waals surface area contributed by atoms with Gasteiger partial charge in [-0.25, -0.2) is 4.39 Å². The Hall–Kier alpha value is -0.600. The van der Waals surface area contributed by atoms with Crippen molar-refractivity contribution in [3.63, 3.8) is 0 Å². The summed E-state index contributed by atoms with van der Waals surface area (Å²) in [6, 6.07) is 4.33. The first-order valence-electron chi connectivity index (χ1n) is 6.76. The van der Waals surface area contributed by atoms with Crippen LogP contribution in [-0.2, 0) is 0 Å². The van der Waals surface area contributed by atoms with Crippen LogP contribution in [0.25, 0.3) is 0 Å². The zero-order valence-electron chi connectivity index (χ0n) is 10.3. The summed E-state index contributed by atoms with van der Waals surface area (Å²) in [6.45, 7) is 0. The van der Waals surface area contributed by atoms with Crippen LogP contribution in [0.3, 0.4) is 0 Å². The van der Waals surface area contributed by atoms with E-state index in [1.165, 1.54) is 37.8 Å². The molecule has 0 aromatic heterocycles. The molecule has 0 radical (unpaired) electrons. The molecular formula is C15H18ClFO. The lowest BCUT2D eigenvalue weighted by Gasteiger charge is -2.24. The Morgan fingerprint density at radius 2 is 2.11 bits per heavy atom. The quantitative estimate of drug-likeness (QED) is 0.865. The van der Waals surface area contributed by atoms with Gasteiger partial charge in [0.1, 0.15) is 5.82 Å². The van der Waals surface area contributed by atoms with Crippen LogP contribution in [-0.4, -0.2) is 5.11 Å². The van der Waals surface area contributed by atoms with E-state index in [1.807, 2.05) is 0 Å². The molecule has 2 bridgehead atoms. The first kappa shape index (κ1) is 12.4. The van der Waals surface area contributed by atoms with Crippen molar-refractivity contribution >= 4 is 11.6 Å². The van der Waals surface area contributed by atoms with Crippen LogP contribution in [0.4, 0.5) is 4.39 Å². The SMILES string of the molecule is OC(CC1CC2CCC1C2)c1cc(F)cc(Cl)c1. The highest BCUT2D eigenvalue weighted by Gasteiger charge is 2.40. The minimum Gasteiger partial charge on any atom is -0.388 e. The van der Waals surface area contributed by atoms with E-state index in [9.17, 15) is 9.50 Å². The molecule has 0 heterocycles. The first-order chi connectivity index (χ1) is 8.61. The van der Waals surface area contributed by atoms with Crippen LogP contribution in [0, 0.1) is 23.6 Å². The van der Waals surface area contributed by atoms with E-state index in [-0.39, 0.29) is 5.82 Å². The molecule has 98 valence electrons. The maximum Gasteiger partial charge on any atom is 0.125 e. The van der Waals surface area contributed by atoms with Crippen molar-refractivity contribution in [1.82, 2.24) is 0 Å². The van der Waals surface area contributed by atoms with Crippen molar-refractivity contribution in [2.24, 2.45) is 17.8 Å². The average Bonchev–Trinajstić information content (AvgIpc) is 2.89. The molecule has 4 unspecified atom stereocenters. The number of halogens is 2. The highest BCUT2D eigenvalue weighted by atomic mass is 35.5. The molecule has 0 amide bonds. The van der Waals surface area contributed by atoms with Crippen LogP contribution in [0.15, 0.2) is 18.2 Å². The smallest absolute Gasteiger partial charge is 0.125 e. The molecule has 2 saturated carbocycles. The van der Waals surface area contributed by atoms with Crippen LogP contribution < -0.4 is 0 Å². The van der Waals surface area contributed by atoms with Crippen molar-refractivity contribution in [2.45, 2.75) is 38.2 Å². The third-order valence-corrected chi connectivity index (χ3v) is 4.90. The third-order valence-electron chi connectivity index (χ3n) is 4.68. The molecule has 18 heavy (non-hydrogen) atoms. The molecule has 2 fully saturated rings. The van der Waals surface area contributed by atoms with Crippen LogP contribution in [0.5, 0.6) is 0 Å². The number of aliphatic hydroxyl groups excluding tert-OH is 1. The molecule has 0 aliphatic heterocycles. The number of aliphatic hydroxyl groups is 1. The Bertz CT molecular complexity index is 428. The summed E-state index contributed by atoms with van der Waals surface area (Å²) in [5.74, 6) is 1.90. The maximum atomic E-state index is 13.3. The van der Waals surface area contributed by atoms with E-state index in [0.29, 0.717) is 16.5 Å². The minimum absolute atomic E-state index is 0.358. The highest BCUT2D eigenvalue weighted by Crippen LogP contribution is 2.50. The van der Waals surface area contributed by atoms with Crippen molar-refractivity contribution in [3.05, 3.63) is 34.6 Å². The Morgan fingerprint density at radius 3 is 2.72 bits per heavy atom. The van der Waals surface area contributed by atoms with Crippen molar-refractivity contribution in [1.29, 1.82) is 0 Å². The lowest BCUT2D eigenvalue weighted by Crippen LogP contribution is -2.14. The average molecular weight is 269 g/mol. The fraction of sp³-hybridized carbons (Fsp3) is 0.600. The predicted octanol–water partition coefficient (Wildman–Crippen LogP) is 4.34. The summed E-state index contributed by atoms with van der Waals surface area (Å²) >= 11 is 5.82. The molecule has 1 aromatic carbocycles. The normalized spacial score (nSPS) is 31.8. The molecule has 2 aliphatic carbocycles. The zero-order chi connectivity index (χ0) is 12.7. The van der Waals surface area contributed by atoms with Gasteiger partial charge in [0, 0.05) is 5.02 Å². The molecule has 0 spiro atoms. The molecular weight excluding hydrogens is 251 g/mol. The number of hydrogen-bond donors (Lipinski definition) is 1. The van der Waals surface area contributed by atoms with Gasteiger partial charge in [-0.05, 0) is 67.2 Å². The maximum absolute atomic E-state index is 13.3. The van der Waals surface area contributed by atoms with Gasteiger partial charge in [0.05, 0.1) is 6.10 Å². The summed E-state index contributed by atoms with van der Waals surface area (Å²) in [5, 5.41) is 10.6. The number of rotatable bonds is 3. The van der Waals surface area contributed by atoms with Gasteiger partial charge in [0.2, 0.25) is 0 Å². The summed E-state index contributed by atoms with van der Waals surface area (Å²) in [6.07, 6.45) is 5.42. The van der Waals surface area contributed by atoms with Gasteiger partial charge in [-0.3, -0.25) is 0 Å². The van der Waals surface area contributed by atoms with E-state index < -0.39 is 6.10 Å². The van der Waals surface area contributed by atoms with Gasteiger partial charge in [0.25, 0.3) is 0 Å².